The summed E-state index contributed by atoms with van der Waals surface area (Å²) < 4.78 is 0. The van der Waals surface area contributed by atoms with E-state index < -0.39 is 0 Å². The van der Waals surface area contributed by atoms with Crippen LogP contribution in [0.1, 0.15) is 16.7 Å². The fourth-order valence-corrected chi connectivity index (χ4v) is 3.66. The molecule has 3 aromatic rings. The van der Waals surface area contributed by atoms with Gasteiger partial charge in [-0.05, 0) is 63.1 Å². The highest BCUT2D eigenvalue weighted by Gasteiger charge is 2.05. The van der Waals surface area contributed by atoms with Gasteiger partial charge in [-0.1, -0.05) is 48.5 Å². The first-order valence-corrected chi connectivity index (χ1v) is 9.95. The second-order valence-corrected chi connectivity index (χ2v) is 6.72. The smallest absolute Gasteiger partial charge is 0.0122 e. The standard InChI is InChI=1S/C19H21P3/c20-10-13-1-3-15(4-2-13)16-5-6-19-17(9-16)7-14(11-21)8-18(19)12-22/h1-9H,10-12,20-22H2. The fourth-order valence-electron chi connectivity index (χ4n) is 2.82. The van der Waals surface area contributed by atoms with Crippen LogP contribution in [0.15, 0.2) is 54.6 Å². The largest absolute Gasteiger partial charge is 0.133 e. The SMILES string of the molecule is PCc1ccc(-c2ccc3c(CP)cc(CP)cc3c2)cc1. The van der Waals surface area contributed by atoms with E-state index in [1.54, 1.807) is 0 Å². The van der Waals surface area contributed by atoms with Gasteiger partial charge < -0.3 is 0 Å². The lowest BCUT2D eigenvalue weighted by Gasteiger charge is -2.10. The number of fused-ring (bicyclic) bond motifs is 1. The zero-order valence-corrected chi connectivity index (χ0v) is 16.0. The van der Waals surface area contributed by atoms with E-state index in [1.165, 1.54) is 38.6 Å². The second kappa shape index (κ2) is 7.19. The predicted molar refractivity (Wildman–Crippen MR) is 110 cm³/mol. The molecule has 0 bridgehead atoms. The van der Waals surface area contributed by atoms with Gasteiger partial charge in [0.25, 0.3) is 0 Å². The van der Waals surface area contributed by atoms with Gasteiger partial charge in [-0.15, -0.1) is 27.7 Å². The predicted octanol–water partition coefficient (Wildman–Crippen LogP) is 5.63. The van der Waals surface area contributed by atoms with Gasteiger partial charge in [0.15, 0.2) is 0 Å². The van der Waals surface area contributed by atoms with Crippen LogP contribution in [0.5, 0.6) is 0 Å². The van der Waals surface area contributed by atoms with E-state index in [4.69, 9.17) is 0 Å². The van der Waals surface area contributed by atoms with Gasteiger partial charge in [-0.2, -0.15) is 0 Å². The molecule has 0 nitrogen and oxygen atoms in total. The van der Waals surface area contributed by atoms with Crippen LogP contribution in [0.25, 0.3) is 21.9 Å². The van der Waals surface area contributed by atoms with Crippen LogP contribution < -0.4 is 0 Å². The van der Waals surface area contributed by atoms with Crippen molar-refractivity contribution in [3.05, 3.63) is 71.3 Å². The lowest BCUT2D eigenvalue weighted by molar-refractivity contribution is 1.37. The van der Waals surface area contributed by atoms with Gasteiger partial charge >= 0.3 is 0 Å². The topological polar surface area (TPSA) is 0 Å². The van der Waals surface area contributed by atoms with Crippen molar-refractivity contribution >= 4 is 38.5 Å². The molecule has 3 unspecified atom stereocenters. The highest BCUT2D eigenvalue weighted by Crippen LogP contribution is 2.29. The Labute approximate surface area is 139 Å². The van der Waals surface area contributed by atoms with Crippen LogP contribution in [-0.2, 0) is 18.5 Å². The molecule has 0 spiro atoms. The highest BCUT2D eigenvalue weighted by molar-refractivity contribution is 7.15. The molecular weight excluding hydrogens is 321 g/mol. The third-order valence-electron chi connectivity index (χ3n) is 4.08. The second-order valence-electron chi connectivity index (χ2n) is 5.50. The molecule has 3 heteroatoms. The Bertz CT molecular complexity index is 792. The lowest BCUT2D eigenvalue weighted by atomic mass is 9.97. The monoisotopic (exact) mass is 342 g/mol. The Kier molecular flexibility index (Phi) is 5.25. The van der Waals surface area contributed by atoms with Gasteiger partial charge in [-0.3, -0.25) is 0 Å². The normalized spacial score (nSPS) is 11.0. The summed E-state index contributed by atoms with van der Waals surface area (Å²) in [5.74, 6) is 0. The molecule has 112 valence electrons. The van der Waals surface area contributed by atoms with Crippen molar-refractivity contribution in [1.29, 1.82) is 0 Å². The van der Waals surface area contributed by atoms with Crippen molar-refractivity contribution < 1.29 is 0 Å². The molecule has 0 saturated heterocycles. The van der Waals surface area contributed by atoms with E-state index in [0.29, 0.717) is 0 Å². The summed E-state index contributed by atoms with van der Waals surface area (Å²) in [5.41, 5.74) is 6.71. The Balaban J connectivity index is 2.11. The van der Waals surface area contributed by atoms with Gasteiger partial charge in [0.2, 0.25) is 0 Å². The van der Waals surface area contributed by atoms with E-state index >= 15 is 0 Å². The summed E-state index contributed by atoms with van der Waals surface area (Å²) in [6, 6.07) is 20.3. The van der Waals surface area contributed by atoms with Gasteiger partial charge in [0.1, 0.15) is 0 Å². The molecule has 3 aromatic carbocycles. The third kappa shape index (κ3) is 3.26. The molecule has 0 aliphatic carbocycles. The minimum Gasteiger partial charge on any atom is -0.133 e. The maximum atomic E-state index is 2.85. The summed E-state index contributed by atoms with van der Waals surface area (Å²) in [4.78, 5) is 0. The zero-order chi connectivity index (χ0) is 15.5. The average molecular weight is 342 g/mol. The minimum absolute atomic E-state index is 0.997. The first kappa shape index (κ1) is 16.1. The Morgan fingerprint density at radius 1 is 0.591 bits per heavy atom. The number of rotatable bonds is 4. The molecule has 0 aromatic heterocycles. The van der Waals surface area contributed by atoms with Crippen LogP contribution in [0.2, 0.25) is 0 Å². The molecule has 0 aliphatic heterocycles. The van der Waals surface area contributed by atoms with Crippen molar-refractivity contribution in [3.63, 3.8) is 0 Å². The van der Waals surface area contributed by atoms with Crippen molar-refractivity contribution in [3.8, 4) is 11.1 Å². The summed E-state index contributed by atoms with van der Waals surface area (Å²) >= 11 is 0. The van der Waals surface area contributed by atoms with Crippen LogP contribution in [-0.4, -0.2) is 0 Å². The summed E-state index contributed by atoms with van der Waals surface area (Å²) in [6.45, 7) is 0. The van der Waals surface area contributed by atoms with E-state index in [9.17, 15) is 0 Å². The first-order valence-electron chi connectivity index (χ1n) is 7.50. The van der Waals surface area contributed by atoms with Crippen LogP contribution in [0, 0.1) is 0 Å². The average Bonchev–Trinajstić information content (AvgIpc) is 2.60. The van der Waals surface area contributed by atoms with Crippen molar-refractivity contribution in [2.24, 2.45) is 0 Å². The van der Waals surface area contributed by atoms with E-state index in [0.717, 1.165) is 18.5 Å². The Morgan fingerprint density at radius 2 is 1.27 bits per heavy atom. The van der Waals surface area contributed by atoms with E-state index in [2.05, 4.69) is 82.3 Å². The summed E-state index contributed by atoms with van der Waals surface area (Å²) in [5, 5.41) is 2.70. The quantitative estimate of drug-likeness (QED) is 0.539. The van der Waals surface area contributed by atoms with Crippen LogP contribution in [0.3, 0.4) is 0 Å². The molecule has 22 heavy (non-hydrogen) atoms. The molecule has 0 radical (unpaired) electrons. The highest BCUT2D eigenvalue weighted by atomic mass is 31.0. The molecular formula is C19H21P3. The molecule has 3 atom stereocenters. The fraction of sp³-hybridized carbons (Fsp3) is 0.158. The summed E-state index contributed by atoms with van der Waals surface area (Å²) in [6.07, 6.45) is 3.00. The lowest BCUT2D eigenvalue weighted by Crippen LogP contribution is -1.88. The molecule has 0 amide bonds. The molecule has 0 fully saturated rings. The van der Waals surface area contributed by atoms with Crippen LogP contribution in [0.4, 0.5) is 0 Å². The van der Waals surface area contributed by atoms with Crippen LogP contribution >= 0.6 is 27.7 Å². The Morgan fingerprint density at radius 3 is 1.91 bits per heavy atom. The Hall–Kier alpha value is -0.790. The van der Waals surface area contributed by atoms with Crippen molar-refractivity contribution in [2.45, 2.75) is 18.5 Å². The number of benzene rings is 3. The van der Waals surface area contributed by atoms with Crippen molar-refractivity contribution in [1.82, 2.24) is 0 Å². The van der Waals surface area contributed by atoms with Gasteiger partial charge in [0.05, 0.1) is 0 Å². The zero-order valence-electron chi connectivity index (χ0n) is 12.5. The van der Waals surface area contributed by atoms with Gasteiger partial charge in [-0.25, -0.2) is 0 Å². The summed E-state index contributed by atoms with van der Waals surface area (Å²) in [7, 11) is 8.44. The van der Waals surface area contributed by atoms with E-state index in [-0.39, 0.29) is 0 Å². The molecule has 0 aliphatic rings. The third-order valence-corrected chi connectivity index (χ3v) is 5.46. The number of hydrogen-bond donors (Lipinski definition) is 0. The van der Waals surface area contributed by atoms with Gasteiger partial charge in [0, 0.05) is 0 Å². The van der Waals surface area contributed by atoms with E-state index in [1.807, 2.05) is 0 Å². The first-order chi connectivity index (χ1) is 10.7. The molecule has 0 saturated carbocycles. The maximum absolute atomic E-state index is 2.85. The minimum atomic E-state index is 0.997. The molecule has 0 heterocycles. The molecule has 0 N–H and O–H groups in total. The van der Waals surface area contributed by atoms with Crippen molar-refractivity contribution in [2.75, 3.05) is 0 Å². The maximum Gasteiger partial charge on any atom is -0.0122 e. The molecule has 3 rings (SSSR count). The number of hydrogen-bond acceptors (Lipinski definition) is 0.